The number of amides is 1. The Morgan fingerprint density at radius 2 is 2.26 bits per heavy atom. The van der Waals surface area contributed by atoms with Gasteiger partial charge in [0, 0.05) is 31.8 Å². The van der Waals surface area contributed by atoms with E-state index in [-0.39, 0.29) is 31.3 Å². The van der Waals surface area contributed by atoms with E-state index in [0.29, 0.717) is 6.61 Å². The molecule has 0 radical (unpaired) electrons. The van der Waals surface area contributed by atoms with Crippen molar-refractivity contribution < 1.29 is 22.3 Å². The third kappa shape index (κ3) is 5.56. The molecule has 1 N–H and O–H groups in total. The van der Waals surface area contributed by atoms with Crippen molar-refractivity contribution >= 4 is 15.9 Å². The van der Waals surface area contributed by atoms with Gasteiger partial charge in [0.25, 0.3) is 5.91 Å². The second kappa shape index (κ2) is 7.85. The van der Waals surface area contributed by atoms with Crippen molar-refractivity contribution in [2.24, 2.45) is 0 Å². The van der Waals surface area contributed by atoms with E-state index in [4.69, 9.17) is 4.74 Å². The first-order chi connectivity index (χ1) is 10.9. The Morgan fingerprint density at radius 3 is 2.87 bits per heavy atom. The molecule has 0 aliphatic carbocycles. The Kier molecular flexibility index (Phi) is 6.09. The molecule has 0 saturated carbocycles. The van der Waals surface area contributed by atoms with Gasteiger partial charge in [-0.3, -0.25) is 4.79 Å². The van der Waals surface area contributed by atoms with E-state index in [9.17, 15) is 17.6 Å². The molecule has 1 unspecified atom stereocenters. The zero-order valence-corrected chi connectivity index (χ0v) is 13.8. The van der Waals surface area contributed by atoms with Gasteiger partial charge in [-0.05, 0) is 31.0 Å². The van der Waals surface area contributed by atoms with Gasteiger partial charge in [-0.15, -0.1) is 0 Å². The van der Waals surface area contributed by atoms with Crippen LogP contribution in [0, 0.1) is 5.82 Å². The quantitative estimate of drug-likeness (QED) is 0.801. The maximum absolute atomic E-state index is 13.1. The lowest BCUT2D eigenvalue weighted by Gasteiger charge is -2.23. The van der Waals surface area contributed by atoms with E-state index in [1.54, 1.807) is 0 Å². The van der Waals surface area contributed by atoms with Crippen LogP contribution in [0.3, 0.4) is 0 Å². The molecule has 1 heterocycles. The third-order valence-corrected chi connectivity index (χ3v) is 4.90. The monoisotopic (exact) mass is 344 g/mol. The van der Waals surface area contributed by atoms with E-state index < -0.39 is 21.7 Å². The number of nitrogens with one attached hydrogen (secondary N) is 1. The fourth-order valence-corrected chi connectivity index (χ4v) is 3.29. The molecule has 0 aromatic heterocycles. The number of hydrogen-bond acceptors (Lipinski definition) is 4. The molecule has 23 heavy (non-hydrogen) atoms. The molecule has 1 aromatic carbocycles. The second-order valence-electron chi connectivity index (χ2n) is 5.52. The molecule has 1 aliphatic heterocycles. The van der Waals surface area contributed by atoms with Crippen molar-refractivity contribution in [1.82, 2.24) is 9.62 Å². The lowest BCUT2D eigenvalue weighted by Crippen LogP contribution is -2.41. The van der Waals surface area contributed by atoms with Gasteiger partial charge in [-0.1, -0.05) is 6.07 Å². The average molecular weight is 344 g/mol. The predicted octanol–water partition coefficient (Wildman–Crippen LogP) is 0.996. The zero-order valence-electron chi connectivity index (χ0n) is 13.0. The van der Waals surface area contributed by atoms with E-state index in [1.807, 2.05) is 0 Å². The molecule has 1 aliphatic rings. The van der Waals surface area contributed by atoms with Crippen LogP contribution < -0.4 is 5.32 Å². The molecule has 1 fully saturated rings. The minimum absolute atomic E-state index is 0.0938. The molecule has 1 amide bonds. The van der Waals surface area contributed by atoms with Crippen LogP contribution in [0.4, 0.5) is 4.39 Å². The number of benzene rings is 1. The van der Waals surface area contributed by atoms with Crippen LogP contribution in [0.25, 0.3) is 0 Å². The number of ether oxygens (including phenoxy) is 1. The van der Waals surface area contributed by atoms with Crippen LogP contribution >= 0.6 is 0 Å². The maximum atomic E-state index is 13.1. The zero-order chi connectivity index (χ0) is 16.9. The lowest BCUT2D eigenvalue weighted by atomic mass is 10.2. The summed E-state index contributed by atoms with van der Waals surface area (Å²) >= 11 is 0. The Morgan fingerprint density at radius 1 is 1.48 bits per heavy atom. The fraction of sp³-hybridized carbons (Fsp3) is 0.533. The van der Waals surface area contributed by atoms with Gasteiger partial charge in [0.15, 0.2) is 0 Å². The molecule has 1 saturated heterocycles. The summed E-state index contributed by atoms with van der Waals surface area (Å²) in [6, 6.07) is 5.34. The smallest absolute Gasteiger partial charge is 0.251 e. The van der Waals surface area contributed by atoms with Gasteiger partial charge in [0.05, 0.1) is 12.4 Å². The molecule has 128 valence electrons. The number of carbonyl (C=O) groups is 1. The van der Waals surface area contributed by atoms with E-state index in [2.05, 4.69) is 5.32 Å². The Balaban J connectivity index is 1.87. The highest BCUT2D eigenvalue weighted by molar-refractivity contribution is 7.88. The molecule has 0 bridgehead atoms. The van der Waals surface area contributed by atoms with Crippen LogP contribution in [0.15, 0.2) is 24.3 Å². The van der Waals surface area contributed by atoms with Gasteiger partial charge in [0.2, 0.25) is 10.0 Å². The van der Waals surface area contributed by atoms with Gasteiger partial charge in [-0.2, -0.15) is 4.31 Å². The summed E-state index contributed by atoms with van der Waals surface area (Å²) < 4.78 is 43.5. The summed E-state index contributed by atoms with van der Waals surface area (Å²) in [6.07, 6.45) is 2.81. The Labute approximate surface area is 135 Å². The molecular weight excluding hydrogens is 323 g/mol. The topological polar surface area (TPSA) is 75.7 Å². The predicted molar refractivity (Wildman–Crippen MR) is 84.1 cm³/mol. The molecule has 2 rings (SSSR count). The molecule has 1 aromatic rings. The molecule has 1 atom stereocenters. The summed E-state index contributed by atoms with van der Waals surface area (Å²) in [5, 5.41) is 2.60. The molecule has 8 heteroatoms. The second-order valence-corrected chi connectivity index (χ2v) is 7.50. The summed E-state index contributed by atoms with van der Waals surface area (Å²) in [5.74, 6) is -0.927. The number of carbonyl (C=O) groups excluding carboxylic acids is 1. The van der Waals surface area contributed by atoms with Crippen molar-refractivity contribution in [2.45, 2.75) is 18.9 Å². The van der Waals surface area contributed by atoms with Crippen molar-refractivity contribution in [2.75, 3.05) is 32.5 Å². The minimum atomic E-state index is -3.38. The SMILES string of the molecule is CS(=O)(=O)N(CCNC(=O)c1cccc(F)c1)CC1CCCO1. The van der Waals surface area contributed by atoms with E-state index >= 15 is 0 Å². The van der Waals surface area contributed by atoms with Gasteiger partial charge in [0.1, 0.15) is 5.82 Å². The van der Waals surface area contributed by atoms with Crippen molar-refractivity contribution in [3.63, 3.8) is 0 Å². The van der Waals surface area contributed by atoms with Crippen LogP contribution in [-0.2, 0) is 14.8 Å². The maximum Gasteiger partial charge on any atom is 0.251 e. The molecule has 0 spiro atoms. The summed E-state index contributed by atoms with van der Waals surface area (Å²) in [6.45, 7) is 1.24. The Hall–Kier alpha value is -1.51. The van der Waals surface area contributed by atoms with Gasteiger partial charge < -0.3 is 10.1 Å². The summed E-state index contributed by atoms with van der Waals surface area (Å²) in [4.78, 5) is 11.9. The van der Waals surface area contributed by atoms with E-state index in [0.717, 1.165) is 25.2 Å². The highest BCUT2D eigenvalue weighted by atomic mass is 32.2. The minimum Gasteiger partial charge on any atom is -0.377 e. The summed E-state index contributed by atoms with van der Waals surface area (Å²) in [7, 11) is -3.38. The van der Waals surface area contributed by atoms with Gasteiger partial charge in [-0.25, -0.2) is 12.8 Å². The number of hydrogen-bond donors (Lipinski definition) is 1. The number of nitrogens with zero attached hydrogens (tertiary/aromatic N) is 1. The Bertz CT molecular complexity index is 645. The molecular formula is C15H21FN2O4S. The van der Waals surface area contributed by atoms with Crippen molar-refractivity contribution in [3.05, 3.63) is 35.6 Å². The number of rotatable bonds is 7. The first kappa shape index (κ1) is 17.8. The number of halogens is 1. The van der Waals surface area contributed by atoms with Crippen LogP contribution in [0.2, 0.25) is 0 Å². The fourth-order valence-electron chi connectivity index (χ4n) is 2.43. The van der Waals surface area contributed by atoms with Crippen LogP contribution in [-0.4, -0.2) is 57.2 Å². The molecule has 6 nitrogen and oxygen atoms in total. The lowest BCUT2D eigenvalue weighted by molar-refractivity contribution is 0.0910. The van der Waals surface area contributed by atoms with Crippen molar-refractivity contribution in [3.8, 4) is 0 Å². The standard InChI is InChI=1S/C15H21FN2O4S/c1-23(20,21)18(11-14-6-3-9-22-14)8-7-17-15(19)12-4-2-5-13(16)10-12/h2,4-5,10,14H,3,6-9,11H2,1H3,(H,17,19). The van der Waals surface area contributed by atoms with Crippen LogP contribution in [0.5, 0.6) is 0 Å². The highest BCUT2D eigenvalue weighted by Crippen LogP contribution is 2.14. The van der Waals surface area contributed by atoms with E-state index in [1.165, 1.54) is 22.5 Å². The first-order valence-electron chi connectivity index (χ1n) is 7.47. The highest BCUT2D eigenvalue weighted by Gasteiger charge is 2.24. The average Bonchev–Trinajstić information content (AvgIpc) is 2.98. The normalized spacial score (nSPS) is 18.3. The largest absolute Gasteiger partial charge is 0.377 e. The van der Waals surface area contributed by atoms with Crippen LogP contribution in [0.1, 0.15) is 23.2 Å². The van der Waals surface area contributed by atoms with Crippen molar-refractivity contribution in [1.29, 1.82) is 0 Å². The van der Waals surface area contributed by atoms with Gasteiger partial charge >= 0.3 is 0 Å². The summed E-state index contributed by atoms with van der Waals surface area (Å²) in [5.41, 5.74) is 0.204. The number of sulfonamides is 1. The first-order valence-corrected chi connectivity index (χ1v) is 9.31. The third-order valence-electron chi connectivity index (χ3n) is 3.63.